The Kier molecular flexibility index (Phi) is 10.1. The van der Waals surface area contributed by atoms with Gasteiger partial charge in [-0.3, -0.25) is 4.99 Å². The van der Waals surface area contributed by atoms with Gasteiger partial charge in [0.05, 0.1) is 12.8 Å². The van der Waals surface area contributed by atoms with Gasteiger partial charge < -0.3 is 25.2 Å². The fourth-order valence-electron chi connectivity index (χ4n) is 4.16. The normalized spacial score (nSPS) is 22.9. The SMILES string of the molecule is CCNC(=NCC1CCCN(C)C1)NC1CCN(c2cc(Cl)ccc2OC)C1.I. The predicted molar refractivity (Wildman–Crippen MR) is 133 cm³/mol. The van der Waals surface area contributed by atoms with Crippen LogP contribution in [0.3, 0.4) is 0 Å². The second-order valence-electron chi connectivity index (χ2n) is 7.88. The summed E-state index contributed by atoms with van der Waals surface area (Å²) in [7, 11) is 3.91. The predicted octanol–water partition coefficient (Wildman–Crippen LogP) is 3.44. The molecule has 2 fully saturated rings. The molecule has 2 atom stereocenters. The van der Waals surface area contributed by atoms with Crippen molar-refractivity contribution in [1.29, 1.82) is 0 Å². The lowest BCUT2D eigenvalue weighted by Gasteiger charge is -2.29. The molecule has 0 spiro atoms. The van der Waals surface area contributed by atoms with Crippen molar-refractivity contribution in [2.75, 3.05) is 58.3 Å². The van der Waals surface area contributed by atoms with Gasteiger partial charge in [-0.2, -0.15) is 0 Å². The van der Waals surface area contributed by atoms with Crippen LogP contribution in [0.5, 0.6) is 5.75 Å². The third-order valence-electron chi connectivity index (χ3n) is 5.58. The first-order valence-electron chi connectivity index (χ1n) is 10.4. The van der Waals surface area contributed by atoms with Crippen LogP contribution in [-0.4, -0.2) is 70.3 Å². The quantitative estimate of drug-likeness (QED) is 0.332. The van der Waals surface area contributed by atoms with Gasteiger partial charge in [0.15, 0.2) is 5.96 Å². The molecule has 0 radical (unpaired) electrons. The number of likely N-dealkylation sites (tertiary alicyclic amines) is 1. The maximum absolute atomic E-state index is 6.21. The van der Waals surface area contributed by atoms with E-state index in [1.54, 1.807) is 7.11 Å². The molecule has 3 rings (SSSR count). The highest BCUT2D eigenvalue weighted by Crippen LogP contribution is 2.33. The fourth-order valence-corrected chi connectivity index (χ4v) is 4.33. The number of piperidine rings is 1. The molecule has 6 nitrogen and oxygen atoms in total. The number of anilines is 1. The topological polar surface area (TPSA) is 52.1 Å². The molecule has 0 aliphatic carbocycles. The van der Waals surface area contributed by atoms with Crippen molar-refractivity contribution in [3.8, 4) is 5.75 Å². The van der Waals surface area contributed by atoms with Gasteiger partial charge in [-0.1, -0.05) is 11.6 Å². The Morgan fingerprint density at radius 3 is 2.83 bits per heavy atom. The first kappa shape index (κ1) is 24.3. The number of halogens is 2. The van der Waals surface area contributed by atoms with Crippen molar-refractivity contribution in [3.63, 3.8) is 0 Å². The number of methoxy groups -OCH3 is 1. The van der Waals surface area contributed by atoms with Gasteiger partial charge in [-0.05, 0) is 63.9 Å². The molecule has 2 heterocycles. The highest BCUT2D eigenvalue weighted by Gasteiger charge is 2.26. The van der Waals surface area contributed by atoms with Gasteiger partial charge >= 0.3 is 0 Å². The number of aliphatic imine (C=N–C) groups is 1. The molecule has 1 aromatic carbocycles. The Balaban J connectivity index is 0.00000300. The van der Waals surface area contributed by atoms with E-state index in [1.807, 2.05) is 18.2 Å². The van der Waals surface area contributed by atoms with Crippen LogP contribution in [0.4, 0.5) is 5.69 Å². The number of guanidine groups is 1. The minimum atomic E-state index is 0. The van der Waals surface area contributed by atoms with Gasteiger partial charge in [-0.15, -0.1) is 24.0 Å². The average Bonchev–Trinajstić information content (AvgIpc) is 3.15. The van der Waals surface area contributed by atoms with Crippen molar-refractivity contribution in [2.45, 2.75) is 32.2 Å². The molecule has 1 aromatic rings. The zero-order valence-electron chi connectivity index (χ0n) is 17.8. The van der Waals surface area contributed by atoms with Gasteiger partial charge in [-0.25, -0.2) is 0 Å². The van der Waals surface area contributed by atoms with Crippen molar-refractivity contribution in [3.05, 3.63) is 23.2 Å². The van der Waals surface area contributed by atoms with Gasteiger partial charge in [0, 0.05) is 43.8 Å². The zero-order chi connectivity index (χ0) is 19.9. The van der Waals surface area contributed by atoms with Crippen molar-refractivity contribution < 1.29 is 4.74 Å². The largest absolute Gasteiger partial charge is 0.495 e. The summed E-state index contributed by atoms with van der Waals surface area (Å²) in [4.78, 5) is 9.63. The molecule has 0 aromatic heterocycles. The van der Waals surface area contributed by atoms with Crippen LogP contribution in [0.15, 0.2) is 23.2 Å². The number of hydrogen-bond donors (Lipinski definition) is 2. The lowest BCUT2D eigenvalue weighted by atomic mass is 9.99. The summed E-state index contributed by atoms with van der Waals surface area (Å²) in [6.45, 7) is 8.11. The Hall–Kier alpha value is -0.930. The number of benzene rings is 1. The van der Waals surface area contributed by atoms with E-state index in [1.165, 1.54) is 19.4 Å². The molecule has 0 bridgehead atoms. The molecule has 164 valence electrons. The second-order valence-corrected chi connectivity index (χ2v) is 8.32. The van der Waals surface area contributed by atoms with Crippen LogP contribution in [0.2, 0.25) is 5.02 Å². The molecule has 2 saturated heterocycles. The number of ether oxygens (including phenoxy) is 1. The Labute approximate surface area is 197 Å². The summed E-state index contributed by atoms with van der Waals surface area (Å²) in [6.07, 6.45) is 3.62. The van der Waals surface area contributed by atoms with Gasteiger partial charge in [0.25, 0.3) is 0 Å². The molecule has 2 N–H and O–H groups in total. The molecule has 8 heteroatoms. The van der Waals surface area contributed by atoms with Crippen LogP contribution < -0.4 is 20.3 Å². The van der Waals surface area contributed by atoms with E-state index in [2.05, 4.69) is 34.4 Å². The molecule has 0 saturated carbocycles. The van der Waals surface area contributed by atoms with Crippen molar-refractivity contribution in [1.82, 2.24) is 15.5 Å². The Morgan fingerprint density at radius 1 is 1.28 bits per heavy atom. The standard InChI is InChI=1S/C21H34ClN5O.HI/c1-4-23-21(24-13-16-6-5-10-26(2)14-16)25-18-9-11-27(15-18)19-12-17(22)7-8-20(19)28-3;/h7-8,12,16,18H,4-6,9-11,13-15H2,1-3H3,(H2,23,24,25);1H. The molecular formula is C21H35ClIN5O. The highest BCUT2D eigenvalue weighted by molar-refractivity contribution is 14.0. The Bertz CT molecular complexity index is 674. The number of hydrogen-bond acceptors (Lipinski definition) is 4. The molecule has 2 aliphatic rings. The minimum absolute atomic E-state index is 0. The van der Waals surface area contributed by atoms with Crippen molar-refractivity contribution >= 4 is 47.2 Å². The highest BCUT2D eigenvalue weighted by atomic mass is 127. The lowest BCUT2D eigenvalue weighted by molar-refractivity contribution is 0.214. The van der Waals surface area contributed by atoms with Crippen LogP contribution in [0.1, 0.15) is 26.2 Å². The van der Waals surface area contributed by atoms with Crippen molar-refractivity contribution in [2.24, 2.45) is 10.9 Å². The molecular weight excluding hydrogens is 501 g/mol. The van der Waals surface area contributed by atoms with E-state index in [0.29, 0.717) is 12.0 Å². The van der Waals surface area contributed by atoms with E-state index in [0.717, 1.165) is 61.6 Å². The number of nitrogens with zero attached hydrogens (tertiary/aromatic N) is 3. The summed E-state index contributed by atoms with van der Waals surface area (Å²) < 4.78 is 5.52. The number of nitrogens with one attached hydrogen (secondary N) is 2. The molecule has 29 heavy (non-hydrogen) atoms. The monoisotopic (exact) mass is 535 g/mol. The Morgan fingerprint density at radius 2 is 2.10 bits per heavy atom. The van der Waals surface area contributed by atoms with Crippen LogP contribution in [0.25, 0.3) is 0 Å². The van der Waals surface area contributed by atoms with E-state index in [4.69, 9.17) is 21.3 Å². The molecule has 0 amide bonds. The third-order valence-corrected chi connectivity index (χ3v) is 5.82. The maximum atomic E-state index is 6.21. The minimum Gasteiger partial charge on any atom is -0.495 e. The summed E-state index contributed by atoms with van der Waals surface area (Å²) in [6, 6.07) is 6.15. The first-order valence-corrected chi connectivity index (χ1v) is 10.8. The van der Waals surface area contributed by atoms with Gasteiger partial charge in [0.2, 0.25) is 0 Å². The summed E-state index contributed by atoms with van der Waals surface area (Å²) >= 11 is 6.21. The molecule has 2 unspecified atom stereocenters. The summed E-state index contributed by atoms with van der Waals surface area (Å²) in [5.74, 6) is 2.46. The smallest absolute Gasteiger partial charge is 0.191 e. The molecule has 2 aliphatic heterocycles. The number of rotatable bonds is 6. The third kappa shape index (κ3) is 7.07. The van der Waals surface area contributed by atoms with Crippen LogP contribution >= 0.6 is 35.6 Å². The fraction of sp³-hybridized carbons (Fsp3) is 0.667. The summed E-state index contributed by atoms with van der Waals surface area (Å²) in [5, 5.41) is 7.77. The van der Waals surface area contributed by atoms with E-state index < -0.39 is 0 Å². The van der Waals surface area contributed by atoms with Gasteiger partial charge in [0.1, 0.15) is 5.75 Å². The van der Waals surface area contributed by atoms with E-state index >= 15 is 0 Å². The zero-order valence-corrected chi connectivity index (χ0v) is 20.9. The first-order chi connectivity index (χ1) is 13.6. The van der Waals surface area contributed by atoms with Crippen LogP contribution in [-0.2, 0) is 0 Å². The summed E-state index contributed by atoms with van der Waals surface area (Å²) in [5.41, 5.74) is 1.06. The van der Waals surface area contributed by atoms with E-state index in [-0.39, 0.29) is 24.0 Å². The maximum Gasteiger partial charge on any atom is 0.191 e. The second kappa shape index (κ2) is 12.1. The van der Waals surface area contributed by atoms with Crippen LogP contribution in [0, 0.1) is 5.92 Å². The van der Waals surface area contributed by atoms with E-state index in [9.17, 15) is 0 Å². The average molecular weight is 536 g/mol. The lowest BCUT2D eigenvalue weighted by Crippen LogP contribution is -2.45.